The van der Waals surface area contributed by atoms with Crippen molar-refractivity contribution in [2.75, 3.05) is 6.61 Å². The zero-order valence-corrected chi connectivity index (χ0v) is 14.2. The third kappa shape index (κ3) is 2.85. The van der Waals surface area contributed by atoms with Crippen LogP contribution in [0, 0.1) is 5.82 Å². The molecule has 2 saturated carbocycles. The summed E-state index contributed by atoms with van der Waals surface area (Å²) in [5.41, 5.74) is -0.103. The summed E-state index contributed by atoms with van der Waals surface area (Å²) in [7, 11) is 0. The SMILES string of the molecule is O=C(NC1CCOC2(CCCCC2)C1)C1(c2ccccc2F)CC1. The summed E-state index contributed by atoms with van der Waals surface area (Å²) >= 11 is 0. The topological polar surface area (TPSA) is 38.3 Å². The van der Waals surface area contributed by atoms with Crippen LogP contribution in [0.3, 0.4) is 0 Å². The largest absolute Gasteiger partial charge is 0.375 e. The Hall–Kier alpha value is -1.42. The van der Waals surface area contributed by atoms with E-state index in [2.05, 4.69) is 5.32 Å². The molecule has 1 aliphatic heterocycles. The Labute approximate surface area is 143 Å². The van der Waals surface area contributed by atoms with Crippen LogP contribution in [0.4, 0.5) is 4.39 Å². The van der Waals surface area contributed by atoms with Gasteiger partial charge in [-0.3, -0.25) is 4.79 Å². The van der Waals surface area contributed by atoms with Gasteiger partial charge in [0.1, 0.15) is 5.82 Å². The van der Waals surface area contributed by atoms with Gasteiger partial charge in [-0.05, 0) is 44.6 Å². The van der Waals surface area contributed by atoms with Crippen LogP contribution in [-0.2, 0) is 14.9 Å². The van der Waals surface area contributed by atoms with Crippen LogP contribution >= 0.6 is 0 Å². The molecular weight excluding hydrogens is 305 g/mol. The summed E-state index contributed by atoms with van der Waals surface area (Å²) in [6, 6.07) is 6.87. The van der Waals surface area contributed by atoms with E-state index in [1.165, 1.54) is 25.3 Å². The van der Waals surface area contributed by atoms with Gasteiger partial charge in [0.25, 0.3) is 0 Å². The molecule has 1 aromatic rings. The predicted molar refractivity (Wildman–Crippen MR) is 90.2 cm³/mol. The highest BCUT2D eigenvalue weighted by Gasteiger charge is 2.53. The number of benzene rings is 1. The van der Waals surface area contributed by atoms with E-state index in [9.17, 15) is 9.18 Å². The van der Waals surface area contributed by atoms with Gasteiger partial charge in [-0.15, -0.1) is 0 Å². The minimum Gasteiger partial charge on any atom is -0.375 e. The molecule has 1 atom stereocenters. The number of ether oxygens (including phenoxy) is 1. The second-order valence-corrected chi connectivity index (χ2v) is 7.82. The van der Waals surface area contributed by atoms with E-state index in [1.807, 2.05) is 6.07 Å². The van der Waals surface area contributed by atoms with Crippen molar-refractivity contribution in [2.24, 2.45) is 0 Å². The molecule has 1 amide bonds. The summed E-state index contributed by atoms with van der Waals surface area (Å²) in [5.74, 6) is -0.258. The van der Waals surface area contributed by atoms with E-state index in [4.69, 9.17) is 4.74 Å². The monoisotopic (exact) mass is 331 g/mol. The van der Waals surface area contributed by atoms with Crippen LogP contribution < -0.4 is 5.32 Å². The Morgan fingerprint density at radius 2 is 1.88 bits per heavy atom. The molecular formula is C20H26FNO2. The number of carbonyl (C=O) groups excluding carboxylic acids is 1. The normalized spacial score (nSPS) is 27.6. The molecule has 24 heavy (non-hydrogen) atoms. The van der Waals surface area contributed by atoms with E-state index in [1.54, 1.807) is 12.1 Å². The van der Waals surface area contributed by atoms with E-state index in [-0.39, 0.29) is 23.4 Å². The van der Waals surface area contributed by atoms with Crippen molar-refractivity contribution in [3.8, 4) is 0 Å². The van der Waals surface area contributed by atoms with E-state index >= 15 is 0 Å². The zero-order chi connectivity index (χ0) is 16.6. The Bertz CT molecular complexity index is 614. The lowest BCUT2D eigenvalue weighted by atomic mass is 9.78. The number of rotatable bonds is 3. The van der Waals surface area contributed by atoms with Gasteiger partial charge < -0.3 is 10.1 Å². The van der Waals surface area contributed by atoms with Gasteiger partial charge in [0.05, 0.1) is 11.0 Å². The maximum Gasteiger partial charge on any atom is 0.230 e. The minimum absolute atomic E-state index is 0.00506. The maximum atomic E-state index is 14.1. The molecule has 3 aliphatic rings. The molecule has 1 unspecified atom stereocenters. The first-order valence-electron chi connectivity index (χ1n) is 9.34. The van der Waals surface area contributed by atoms with Crippen LogP contribution in [-0.4, -0.2) is 24.2 Å². The fourth-order valence-corrected chi connectivity index (χ4v) is 4.61. The number of nitrogens with one attached hydrogen (secondary N) is 1. The molecule has 2 aliphatic carbocycles. The Morgan fingerprint density at radius 1 is 1.12 bits per heavy atom. The molecule has 0 aromatic heterocycles. The summed E-state index contributed by atoms with van der Waals surface area (Å²) in [5, 5.41) is 3.23. The zero-order valence-electron chi connectivity index (χ0n) is 14.2. The number of hydrogen-bond donors (Lipinski definition) is 1. The fraction of sp³-hybridized carbons (Fsp3) is 0.650. The van der Waals surface area contributed by atoms with Crippen molar-refractivity contribution in [3.63, 3.8) is 0 Å². The van der Waals surface area contributed by atoms with Crippen molar-refractivity contribution < 1.29 is 13.9 Å². The first-order chi connectivity index (χ1) is 11.6. The lowest BCUT2D eigenvalue weighted by molar-refractivity contribution is -0.130. The molecule has 1 spiro atoms. The number of amides is 1. The lowest BCUT2D eigenvalue weighted by Gasteiger charge is -2.44. The van der Waals surface area contributed by atoms with E-state index in [0.717, 1.165) is 45.1 Å². The second-order valence-electron chi connectivity index (χ2n) is 7.82. The Balaban J connectivity index is 1.45. The Morgan fingerprint density at radius 3 is 2.58 bits per heavy atom. The Kier molecular flexibility index (Phi) is 4.11. The molecule has 1 saturated heterocycles. The molecule has 3 fully saturated rings. The maximum absolute atomic E-state index is 14.1. The lowest BCUT2D eigenvalue weighted by Crippen LogP contribution is -2.51. The van der Waals surface area contributed by atoms with Crippen molar-refractivity contribution in [3.05, 3.63) is 35.6 Å². The molecule has 3 nitrogen and oxygen atoms in total. The summed E-state index contributed by atoms with van der Waals surface area (Å²) in [4.78, 5) is 12.9. The first kappa shape index (κ1) is 16.1. The molecule has 4 rings (SSSR count). The van der Waals surface area contributed by atoms with Gasteiger partial charge in [0.15, 0.2) is 0 Å². The average Bonchev–Trinajstić information content (AvgIpc) is 3.38. The highest BCUT2D eigenvalue weighted by molar-refractivity contribution is 5.91. The van der Waals surface area contributed by atoms with Crippen LogP contribution in [0.15, 0.2) is 24.3 Å². The number of halogens is 1. The van der Waals surface area contributed by atoms with Gasteiger partial charge in [-0.1, -0.05) is 37.5 Å². The van der Waals surface area contributed by atoms with Crippen molar-refractivity contribution in [1.29, 1.82) is 0 Å². The summed E-state index contributed by atoms with van der Waals surface area (Å²) in [6.07, 6.45) is 9.21. The van der Waals surface area contributed by atoms with Gasteiger partial charge in [0.2, 0.25) is 5.91 Å². The third-order valence-electron chi connectivity index (χ3n) is 6.17. The molecule has 1 heterocycles. The van der Waals surface area contributed by atoms with Gasteiger partial charge in [-0.2, -0.15) is 0 Å². The van der Waals surface area contributed by atoms with Crippen LogP contribution in [0.2, 0.25) is 0 Å². The quantitative estimate of drug-likeness (QED) is 0.913. The molecule has 130 valence electrons. The highest BCUT2D eigenvalue weighted by atomic mass is 19.1. The minimum atomic E-state index is -0.636. The van der Waals surface area contributed by atoms with Crippen LogP contribution in [0.1, 0.15) is 63.4 Å². The molecule has 1 aromatic carbocycles. The van der Waals surface area contributed by atoms with Crippen molar-refractivity contribution >= 4 is 5.91 Å². The van der Waals surface area contributed by atoms with E-state index in [0.29, 0.717) is 5.56 Å². The van der Waals surface area contributed by atoms with Gasteiger partial charge in [0, 0.05) is 18.2 Å². The summed E-state index contributed by atoms with van der Waals surface area (Å²) in [6.45, 7) is 0.720. The summed E-state index contributed by atoms with van der Waals surface area (Å²) < 4.78 is 20.3. The molecule has 0 bridgehead atoms. The van der Waals surface area contributed by atoms with Gasteiger partial charge in [-0.25, -0.2) is 4.39 Å². The van der Waals surface area contributed by atoms with Crippen molar-refractivity contribution in [2.45, 2.75) is 74.8 Å². The molecule has 4 heteroatoms. The average molecular weight is 331 g/mol. The van der Waals surface area contributed by atoms with Crippen molar-refractivity contribution in [1.82, 2.24) is 5.32 Å². The third-order valence-corrected chi connectivity index (χ3v) is 6.17. The molecule has 0 radical (unpaired) electrons. The number of hydrogen-bond acceptors (Lipinski definition) is 2. The fourth-order valence-electron chi connectivity index (χ4n) is 4.61. The smallest absolute Gasteiger partial charge is 0.230 e. The van der Waals surface area contributed by atoms with E-state index < -0.39 is 5.41 Å². The first-order valence-corrected chi connectivity index (χ1v) is 9.34. The second kappa shape index (κ2) is 6.14. The van der Waals surface area contributed by atoms with Crippen LogP contribution in [0.25, 0.3) is 0 Å². The standard InChI is InChI=1S/C20H26FNO2/c21-17-7-3-2-6-16(17)20(11-12-20)18(23)22-15-8-13-24-19(14-15)9-4-1-5-10-19/h2-3,6-7,15H,1,4-5,8-14H2,(H,22,23). The highest BCUT2D eigenvalue weighted by Crippen LogP contribution is 2.49. The number of carbonyl (C=O) groups is 1. The predicted octanol–water partition coefficient (Wildman–Crippen LogP) is 3.86. The van der Waals surface area contributed by atoms with Crippen LogP contribution in [0.5, 0.6) is 0 Å². The van der Waals surface area contributed by atoms with Gasteiger partial charge >= 0.3 is 0 Å². The molecule has 1 N–H and O–H groups in total.